The highest BCUT2D eigenvalue weighted by Crippen LogP contribution is 2.23. The number of phenolic OH excluding ortho intramolecular Hbond substituents is 1. The summed E-state index contributed by atoms with van der Waals surface area (Å²) in [5.41, 5.74) is 2.50. The maximum absolute atomic E-state index is 13.3. The third kappa shape index (κ3) is 3.82. The van der Waals surface area contributed by atoms with Crippen LogP contribution in [-0.2, 0) is 0 Å². The lowest BCUT2D eigenvalue weighted by Gasteiger charge is -2.06. The highest BCUT2D eigenvalue weighted by molar-refractivity contribution is 6.02. The van der Waals surface area contributed by atoms with Gasteiger partial charge in [0, 0.05) is 17.2 Å². The minimum Gasteiger partial charge on any atom is -0.504 e. The second-order valence-electron chi connectivity index (χ2n) is 4.65. The van der Waals surface area contributed by atoms with Crippen LogP contribution in [0.5, 0.6) is 11.5 Å². The lowest BCUT2D eigenvalue weighted by molar-refractivity contribution is 0.0955. The highest BCUT2D eigenvalue weighted by atomic mass is 19.1. The molecule has 23 heavy (non-hydrogen) atoms. The normalized spacial score (nSPS) is 11.2. The number of hydrogen-bond acceptors (Lipinski definition) is 4. The Morgan fingerprint density at radius 2 is 1.87 bits per heavy atom. The van der Waals surface area contributed by atoms with Crippen molar-refractivity contribution in [2.45, 2.75) is 6.92 Å². The number of ether oxygens (including phenoxy) is 1. The summed E-state index contributed by atoms with van der Waals surface area (Å²) in [5.74, 6) is -2.60. The van der Waals surface area contributed by atoms with Gasteiger partial charge >= 0.3 is 0 Å². The average Bonchev–Trinajstić information content (AvgIpc) is 2.55. The van der Waals surface area contributed by atoms with Crippen molar-refractivity contribution in [2.24, 2.45) is 5.10 Å². The molecule has 2 N–H and O–H groups in total. The monoisotopic (exact) mass is 320 g/mol. The van der Waals surface area contributed by atoms with Crippen molar-refractivity contribution in [1.82, 2.24) is 5.43 Å². The lowest BCUT2D eigenvalue weighted by Crippen LogP contribution is -2.19. The van der Waals surface area contributed by atoms with E-state index in [1.54, 1.807) is 24.3 Å². The summed E-state index contributed by atoms with van der Waals surface area (Å²) >= 11 is 0. The number of hydrazone groups is 1. The number of phenols is 1. The van der Waals surface area contributed by atoms with Crippen molar-refractivity contribution in [2.75, 3.05) is 7.11 Å². The average molecular weight is 320 g/mol. The molecule has 0 saturated heterocycles. The molecule has 0 unspecified atom stereocenters. The van der Waals surface area contributed by atoms with E-state index in [4.69, 9.17) is 4.74 Å². The Labute approximate surface area is 131 Å². The molecule has 0 aromatic heterocycles. The molecule has 2 aromatic carbocycles. The number of halogens is 2. The first-order valence-corrected chi connectivity index (χ1v) is 6.59. The summed E-state index contributed by atoms with van der Waals surface area (Å²) in [7, 11) is 1.51. The first-order chi connectivity index (χ1) is 10.9. The van der Waals surface area contributed by atoms with Gasteiger partial charge in [-0.1, -0.05) is 0 Å². The molecule has 0 aliphatic carbocycles. The molecule has 0 radical (unpaired) electrons. The largest absolute Gasteiger partial charge is 0.504 e. The van der Waals surface area contributed by atoms with Gasteiger partial charge < -0.3 is 9.84 Å². The number of carbonyl (C=O) groups excluding carboxylic acids is 1. The van der Waals surface area contributed by atoms with Crippen LogP contribution in [0.25, 0.3) is 0 Å². The number of carbonyl (C=O) groups is 1. The smallest absolute Gasteiger partial charge is 0.271 e. The molecule has 0 fully saturated rings. The number of amides is 1. The number of aromatic hydroxyl groups is 1. The van der Waals surface area contributed by atoms with Crippen LogP contribution in [-0.4, -0.2) is 23.8 Å². The molecule has 0 heterocycles. The highest BCUT2D eigenvalue weighted by Gasteiger charge is 2.13. The van der Waals surface area contributed by atoms with E-state index in [2.05, 4.69) is 10.5 Å². The minimum atomic E-state index is -1.10. The Morgan fingerprint density at radius 1 is 1.22 bits per heavy atom. The van der Waals surface area contributed by atoms with Crippen molar-refractivity contribution in [3.05, 3.63) is 59.2 Å². The molecule has 2 aromatic rings. The molecular weight excluding hydrogens is 306 g/mol. The van der Waals surface area contributed by atoms with Gasteiger partial charge in [0.1, 0.15) is 11.6 Å². The van der Waals surface area contributed by atoms with Crippen LogP contribution in [0.4, 0.5) is 8.78 Å². The molecule has 1 amide bonds. The van der Waals surface area contributed by atoms with Crippen LogP contribution in [0.2, 0.25) is 0 Å². The molecule has 120 valence electrons. The van der Waals surface area contributed by atoms with E-state index in [9.17, 15) is 18.7 Å². The summed E-state index contributed by atoms with van der Waals surface area (Å²) in [6.45, 7) is 1.40. The SMILES string of the molecule is COc1ccc(C(=O)NN=C(C)c2cc(F)cc(F)c2O)cc1. The number of hydrogen-bond donors (Lipinski definition) is 2. The lowest BCUT2D eigenvalue weighted by atomic mass is 10.1. The Kier molecular flexibility index (Phi) is 4.90. The topological polar surface area (TPSA) is 70.9 Å². The van der Waals surface area contributed by atoms with Gasteiger partial charge in [-0.3, -0.25) is 4.79 Å². The Bertz CT molecular complexity index is 759. The molecule has 0 saturated carbocycles. The first-order valence-electron chi connectivity index (χ1n) is 6.59. The molecule has 0 atom stereocenters. The predicted molar refractivity (Wildman–Crippen MR) is 80.7 cm³/mol. The molecular formula is C16H14F2N2O3. The third-order valence-electron chi connectivity index (χ3n) is 3.10. The van der Waals surface area contributed by atoms with E-state index in [1.165, 1.54) is 14.0 Å². The maximum atomic E-state index is 13.3. The van der Waals surface area contributed by atoms with Gasteiger partial charge in [0.2, 0.25) is 0 Å². The fraction of sp³-hybridized carbons (Fsp3) is 0.125. The summed E-state index contributed by atoms with van der Waals surface area (Å²) in [4.78, 5) is 11.9. The Balaban J connectivity index is 2.17. The van der Waals surface area contributed by atoms with Crippen molar-refractivity contribution < 1.29 is 23.4 Å². The second-order valence-corrected chi connectivity index (χ2v) is 4.65. The molecule has 0 spiro atoms. The van der Waals surface area contributed by atoms with Crippen LogP contribution >= 0.6 is 0 Å². The summed E-state index contributed by atoms with van der Waals surface area (Å²) in [6.07, 6.45) is 0. The number of rotatable bonds is 4. The summed E-state index contributed by atoms with van der Waals surface area (Å²) in [6, 6.07) is 7.79. The van der Waals surface area contributed by atoms with Crippen molar-refractivity contribution in [3.8, 4) is 11.5 Å². The molecule has 5 nitrogen and oxygen atoms in total. The van der Waals surface area contributed by atoms with E-state index < -0.39 is 23.3 Å². The van der Waals surface area contributed by atoms with Crippen molar-refractivity contribution in [3.63, 3.8) is 0 Å². The van der Waals surface area contributed by atoms with Crippen LogP contribution < -0.4 is 10.2 Å². The standard InChI is InChI=1S/C16H14F2N2O3/c1-9(13-7-11(17)8-14(18)15(13)21)19-20-16(22)10-3-5-12(23-2)6-4-10/h3-8,21H,1-2H3,(H,20,22). The third-order valence-corrected chi connectivity index (χ3v) is 3.10. The molecule has 0 bridgehead atoms. The van der Waals surface area contributed by atoms with Crippen LogP contribution in [0.1, 0.15) is 22.8 Å². The van der Waals surface area contributed by atoms with Gasteiger partial charge in [-0.25, -0.2) is 14.2 Å². The van der Waals surface area contributed by atoms with Crippen molar-refractivity contribution >= 4 is 11.6 Å². The summed E-state index contributed by atoms with van der Waals surface area (Å²) < 4.78 is 31.5. The van der Waals surface area contributed by atoms with E-state index in [0.29, 0.717) is 17.4 Å². The van der Waals surface area contributed by atoms with Crippen LogP contribution in [0.15, 0.2) is 41.5 Å². The minimum absolute atomic E-state index is 0.0581. The van der Waals surface area contributed by atoms with Gasteiger partial charge in [0.15, 0.2) is 11.6 Å². The van der Waals surface area contributed by atoms with Gasteiger partial charge in [-0.05, 0) is 37.3 Å². The molecule has 0 aliphatic heterocycles. The fourth-order valence-electron chi connectivity index (χ4n) is 1.84. The van der Waals surface area contributed by atoms with Crippen molar-refractivity contribution in [1.29, 1.82) is 0 Å². The van der Waals surface area contributed by atoms with E-state index in [1.807, 2.05) is 0 Å². The zero-order valence-corrected chi connectivity index (χ0v) is 12.4. The Morgan fingerprint density at radius 3 is 2.48 bits per heavy atom. The second kappa shape index (κ2) is 6.87. The maximum Gasteiger partial charge on any atom is 0.271 e. The van der Waals surface area contributed by atoms with Gasteiger partial charge in [0.05, 0.1) is 12.8 Å². The van der Waals surface area contributed by atoms with E-state index in [0.717, 1.165) is 6.07 Å². The Hall–Kier alpha value is -2.96. The van der Waals surface area contributed by atoms with Gasteiger partial charge in [0.25, 0.3) is 5.91 Å². The molecule has 2 rings (SSSR count). The van der Waals surface area contributed by atoms with Crippen LogP contribution in [0, 0.1) is 11.6 Å². The molecule has 0 aliphatic rings. The fourth-order valence-corrected chi connectivity index (χ4v) is 1.84. The van der Waals surface area contributed by atoms with E-state index >= 15 is 0 Å². The van der Waals surface area contributed by atoms with Gasteiger partial charge in [-0.2, -0.15) is 5.10 Å². The van der Waals surface area contributed by atoms with Gasteiger partial charge in [-0.15, -0.1) is 0 Å². The van der Waals surface area contributed by atoms with E-state index in [-0.39, 0.29) is 11.3 Å². The number of benzene rings is 2. The number of methoxy groups -OCH3 is 1. The first kappa shape index (κ1) is 16.4. The zero-order chi connectivity index (χ0) is 17.0. The zero-order valence-electron chi connectivity index (χ0n) is 12.4. The summed E-state index contributed by atoms with van der Waals surface area (Å²) in [5, 5.41) is 13.3. The number of nitrogens with one attached hydrogen (secondary N) is 1. The van der Waals surface area contributed by atoms with Crippen LogP contribution in [0.3, 0.4) is 0 Å². The quantitative estimate of drug-likeness (QED) is 0.672. The molecule has 7 heteroatoms. The number of nitrogens with zero attached hydrogens (tertiary/aromatic N) is 1. The predicted octanol–water partition coefficient (Wildman–Crippen LogP) is 2.83.